The molecule has 0 amide bonds. The molecule has 88 valence electrons. The molecule has 2 rings (SSSR count). The second-order valence-corrected chi connectivity index (χ2v) is 3.88. The van der Waals surface area contributed by atoms with Crippen LogP contribution in [0, 0.1) is 0 Å². The van der Waals surface area contributed by atoms with E-state index in [-0.39, 0.29) is 0 Å². The molecule has 0 aliphatic heterocycles. The molecule has 0 spiro atoms. The monoisotopic (exact) mass is 227 g/mol. The van der Waals surface area contributed by atoms with Gasteiger partial charge in [-0.05, 0) is 24.1 Å². The van der Waals surface area contributed by atoms with E-state index >= 15 is 0 Å². The van der Waals surface area contributed by atoms with Crippen molar-refractivity contribution in [3.63, 3.8) is 0 Å². The molecular weight excluding hydrogens is 210 g/mol. The minimum Gasteiger partial charge on any atom is -0.457 e. The van der Waals surface area contributed by atoms with Crippen molar-refractivity contribution in [2.45, 2.75) is 19.9 Å². The van der Waals surface area contributed by atoms with Gasteiger partial charge >= 0.3 is 0 Å². The fraction of sp³-hybridized carbons (Fsp3) is 0.200. The van der Waals surface area contributed by atoms with Crippen LogP contribution >= 0.6 is 0 Å². The van der Waals surface area contributed by atoms with Gasteiger partial charge < -0.3 is 10.5 Å². The maximum Gasteiger partial charge on any atom is 0.131 e. The molecule has 0 bridgehead atoms. The third kappa shape index (κ3) is 2.66. The number of hydrogen-bond donors (Lipinski definition) is 1. The summed E-state index contributed by atoms with van der Waals surface area (Å²) in [5.74, 6) is 1.76. The summed E-state index contributed by atoms with van der Waals surface area (Å²) in [6.07, 6.45) is 0.959. The fourth-order valence-electron chi connectivity index (χ4n) is 1.79. The van der Waals surface area contributed by atoms with E-state index in [9.17, 15) is 0 Å². The molecule has 2 heteroatoms. The van der Waals surface area contributed by atoms with Crippen LogP contribution in [-0.4, -0.2) is 0 Å². The smallest absolute Gasteiger partial charge is 0.131 e. The molecule has 0 aliphatic rings. The van der Waals surface area contributed by atoms with Crippen LogP contribution in [0.5, 0.6) is 11.5 Å². The van der Waals surface area contributed by atoms with Crippen molar-refractivity contribution in [2.24, 2.45) is 5.73 Å². The molecule has 0 atom stereocenters. The first-order valence-corrected chi connectivity index (χ1v) is 5.89. The summed E-state index contributed by atoms with van der Waals surface area (Å²) < 4.78 is 5.94. The molecule has 0 aliphatic carbocycles. The van der Waals surface area contributed by atoms with E-state index in [1.165, 1.54) is 5.56 Å². The number of rotatable bonds is 4. The van der Waals surface area contributed by atoms with Crippen molar-refractivity contribution in [3.05, 3.63) is 59.7 Å². The number of hydrogen-bond acceptors (Lipinski definition) is 2. The number of ether oxygens (including phenoxy) is 1. The molecule has 2 N–H and O–H groups in total. The minimum absolute atomic E-state index is 0.491. The molecule has 2 aromatic carbocycles. The van der Waals surface area contributed by atoms with E-state index in [1.807, 2.05) is 42.5 Å². The van der Waals surface area contributed by atoms with E-state index < -0.39 is 0 Å². The average molecular weight is 227 g/mol. The first kappa shape index (κ1) is 11.7. The molecule has 0 unspecified atom stereocenters. The summed E-state index contributed by atoms with van der Waals surface area (Å²) in [4.78, 5) is 0. The van der Waals surface area contributed by atoms with E-state index in [1.54, 1.807) is 0 Å². The van der Waals surface area contributed by atoms with Crippen molar-refractivity contribution in [1.82, 2.24) is 0 Å². The highest BCUT2D eigenvalue weighted by Crippen LogP contribution is 2.27. The van der Waals surface area contributed by atoms with Crippen LogP contribution in [0.4, 0.5) is 0 Å². The lowest BCUT2D eigenvalue weighted by atomic mass is 10.1. The largest absolute Gasteiger partial charge is 0.457 e. The summed E-state index contributed by atoms with van der Waals surface area (Å²) >= 11 is 0. The van der Waals surface area contributed by atoms with Crippen molar-refractivity contribution in [1.29, 1.82) is 0 Å². The molecule has 17 heavy (non-hydrogen) atoms. The lowest BCUT2D eigenvalue weighted by molar-refractivity contribution is 0.471. The SMILES string of the molecule is CCc1ccccc1Oc1ccccc1CN. The summed E-state index contributed by atoms with van der Waals surface area (Å²) in [7, 11) is 0. The Morgan fingerprint density at radius 3 is 2.00 bits per heavy atom. The van der Waals surface area contributed by atoms with E-state index in [2.05, 4.69) is 13.0 Å². The molecule has 0 radical (unpaired) electrons. The van der Waals surface area contributed by atoms with Gasteiger partial charge in [-0.15, -0.1) is 0 Å². The van der Waals surface area contributed by atoms with E-state index in [4.69, 9.17) is 10.5 Å². The van der Waals surface area contributed by atoms with E-state index in [0.29, 0.717) is 6.54 Å². The molecule has 2 nitrogen and oxygen atoms in total. The topological polar surface area (TPSA) is 35.2 Å². The third-order valence-electron chi connectivity index (χ3n) is 2.77. The Kier molecular flexibility index (Phi) is 3.78. The van der Waals surface area contributed by atoms with Crippen molar-refractivity contribution < 1.29 is 4.74 Å². The Labute approximate surface area is 102 Å². The van der Waals surface area contributed by atoms with Gasteiger partial charge in [0.2, 0.25) is 0 Å². The van der Waals surface area contributed by atoms with E-state index in [0.717, 1.165) is 23.5 Å². The highest BCUT2D eigenvalue weighted by atomic mass is 16.5. The lowest BCUT2D eigenvalue weighted by Gasteiger charge is -2.12. The maximum absolute atomic E-state index is 5.94. The van der Waals surface area contributed by atoms with Crippen LogP contribution in [0.3, 0.4) is 0 Å². The summed E-state index contributed by atoms with van der Waals surface area (Å²) in [5.41, 5.74) is 7.93. The molecule has 2 aromatic rings. The molecule has 0 saturated carbocycles. The minimum atomic E-state index is 0.491. The quantitative estimate of drug-likeness (QED) is 0.867. The highest BCUT2D eigenvalue weighted by Gasteiger charge is 2.05. The Balaban J connectivity index is 2.31. The van der Waals surface area contributed by atoms with Gasteiger partial charge in [0.05, 0.1) is 0 Å². The van der Waals surface area contributed by atoms with Crippen molar-refractivity contribution in [2.75, 3.05) is 0 Å². The van der Waals surface area contributed by atoms with Gasteiger partial charge in [0.1, 0.15) is 11.5 Å². The fourth-order valence-corrected chi connectivity index (χ4v) is 1.79. The Hall–Kier alpha value is -1.80. The number of para-hydroxylation sites is 2. The summed E-state index contributed by atoms with van der Waals surface area (Å²) in [6, 6.07) is 16.0. The number of benzene rings is 2. The van der Waals surface area contributed by atoms with Gasteiger partial charge in [-0.25, -0.2) is 0 Å². The molecule has 0 heterocycles. The van der Waals surface area contributed by atoms with Crippen LogP contribution in [0.2, 0.25) is 0 Å². The summed E-state index contributed by atoms with van der Waals surface area (Å²) in [5, 5.41) is 0. The molecule has 0 fully saturated rings. The van der Waals surface area contributed by atoms with Crippen molar-refractivity contribution >= 4 is 0 Å². The first-order chi connectivity index (χ1) is 8.35. The van der Waals surface area contributed by atoms with Crippen LogP contribution < -0.4 is 10.5 Å². The first-order valence-electron chi connectivity index (χ1n) is 5.89. The molecule has 0 saturated heterocycles. The zero-order valence-electron chi connectivity index (χ0n) is 10.0. The van der Waals surface area contributed by atoms with Crippen molar-refractivity contribution in [3.8, 4) is 11.5 Å². The summed E-state index contributed by atoms with van der Waals surface area (Å²) in [6.45, 7) is 2.61. The third-order valence-corrected chi connectivity index (χ3v) is 2.77. The normalized spacial score (nSPS) is 10.2. The van der Waals surface area contributed by atoms with Gasteiger partial charge in [-0.3, -0.25) is 0 Å². The van der Waals surface area contributed by atoms with Gasteiger partial charge in [0, 0.05) is 12.1 Å². The Morgan fingerprint density at radius 2 is 1.41 bits per heavy atom. The van der Waals surface area contributed by atoms with Gasteiger partial charge in [0.25, 0.3) is 0 Å². The zero-order chi connectivity index (χ0) is 12.1. The lowest BCUT2D eigenvalue weighted by Crippen LogP contribution is -1.99. The average Bonchev–Trinajstić information content (AvgIpc) is 2.40. The Bertz CT molecular complexity index is 448. The van der Waals surface area contributed by atoms with Crippen LogP contribution in [-0.2, 0) is 13.0 Å². The van der Waals surface area contributed by atoms with Crippen LogP contribution in [0.1, 0.15) is 18.1 Å². The molecule has 0 aromatic heterocycles. The predicted molar refractivity (Wildman–Crippen MR) is 70.2 cm³/mol. The predicted octanol–water partition coefficient (Wildman–Crippen LogP) is 3.50. The van der Waals surface area contributed by atoms with Crippen LogP contribution in [0.15, 0.2) is 48.5 Å². The zero-order valence-corrected chi connectivity index (χ0v) is 10.0. The number of aryl methyl sites for hydroxylation is 1. The van der Waals surface area contributed by atoms with Gasteiger partial charge in [0.15, 0.2) is 0 Å². The van der Waals surface area contributed by atoms with Gasteiger partial charge in [-0.1, -0.05) is 43.3 Å². The maximum atomic E-state index is 5.94. The Morgan fingerprint density at radius 1 is 0.882 bits per heavy atom. The van der Waals surface area contributed by atoms with Crippen LogP contribution in [0.25, 0.3) is 0 Å². The standard InChI is InChI=1S/C15H17NO/c1-2-12-7-3-5-9-14(12)17-15-10-6-4-8-13(15)11-16/h3-10H,2,11,16H2,1H3. The molecular formula is C15H17NO. The second kappa shape index (κ2) is 5.51. The highest BCUT2D eigenvalue weighted by molar-refractivity contribution is 5.41. The number of nitrogens with two attached hydrogens (primary N) is 1. The second-order valence-electron chi connectivity index (χ2n) is 3.88. The van der Waals surface area contributed by atoms with Gasteiger partial charge in [-0.2, -0.15) is 0 Å².